The van der Waals surface area contributed by atoms with E-state index in [4.69, 9.17) is 0 Å². The van der Waals surface area contributed by atoms with Crippen LogP contribution in [0.2, 0.25) is 0 Å². The van der Waals surface area contributed by atoms with E-state index in [1.165, 1.54) is 31.4 Å². The van der Waals surface area contributed by atoms with Crippen molar-refractivity contribution in [1.29, 1.82) is 0 Å². The fourth-order valence-corrected chi connectivity index (χ4v) is 2.04. The van der Waals surface area contributed by atoms with Crippen LogP contribution >= 0.6 is 0 Å². The molecule has 2 aliphatic rings. The molecule has 0 fully saturated rings. The zero-order valence-electron chi connectivity index (χ0n) is 7.69. The molecule has 0 aromatic heterocycles. The number of allylic oxidation sites excluding steroid dienone is 3. The van der Waals surface area contributed by atoms with Gasteiger partial charge in [0.1, 0.15) is 6.54 Å². The Morgan fingerprint density at radius 1 is 1.33 bits per heavy atom. The molecule has 1 heterocycles. The van der Waals surface area contributed by atoms with Gasteiger partial charge in [0.15, 0.2) is 5.71 Å². The maximum Gasteiger partial charge on any atom is 0.174 e. The minimum Gasteiger partial charge on any atom is -0.245 e. The third-order valence-electron chi connectivity index (χ3n) is 2.74. The van der Waals surface area contributed by atoms with Crippen LogP contribution in [0, 0.1) is 0 Å². The summed E-state index contributed by atoms with van der Waals surface area (Å²) in [5.74, 6) is 0. The van der Waals surface area contributed by atoms with Gasteiger partial charge in [0.2, 0.25) is 0 Å². The van der Waals surface area contributed by atoms with Gasteiger partial charge in [0.25, 0.3) is 0 Å². The van der Waals surface area contributed by atoms with E-state index < -0.39 is 0 Å². The first kappa shape index (κ1) is 7.78. The quantitative estimate of drug-likeness (QED) is 0.545. The molecular weight excluding hydrogens is 146 g/mol. The number of rotatable bonds is 0. The maximum absolute atomic E-state index is 3.39. The van der Waals surface area contributed by atoms with E-state index in [1.807, 2.05) is 0 Å². The molecule has 0 amide bonds. The molecule has 1 aliphatic carbocycles. The predicted octanol–water partition coefficient (Wildman–Crippen LogP) is 0.968. The Morgan fingerprint density at radius 2 is 2.25 bits per heavy atom. The minimum absolute atomic E-state index is 1.14. The third kappa shape index (κ3) is 1.36. The van der Waals surface area contributed by atoms with Gasteiger partial charge in [-0.2, -0.15) is 0 Å². The van der Waals surface area contributed by atoms with E-state index >= 15 is 0 Å². The Bertz CT molecular complexity index is 269. The van der Waals surface area contributed by atoms with E-state index in [9.17, 15) is 0 Å². The fourth-order valence-electron chi connectivity index (χ4n) is 2.04. The highest BCUT2D eigenvalue weighted by atomic mass is 14.8. The Hall–Kier alpha value is -0.850. The lowest BCUT2D eigenvalue weighted by atomic mass is 9.94. The van der Waals surface area contributed by atoms with E-state index in [1.54, 1.807) is 11.1 Å². The van der Waals surface area contributed by atoms with Crippen molar-refractivity contribution < 1.29 is 4.99 Å². The lowest BCUT2D eigenvalue weighted by Crippen LogP contribution is -2.68. The Kier molecular flexibility index (Phi) is 2.11. The van der Waals surface area contributed by atoms with Gasteiger partial charge in [-0.3, -0.25) is 0 Å². The lowest BCUT2D eigenvalue weighted by molar-refractivity contribution is -0.447. The Balaban J connectivity index is 2.29. The second-order valence-electron chi connectivity index (χ2n) is 3.60. The van der Waals surface area contributed by atoms with Crippen molar-refractivity contribution in [3.63, 3.8) is 0 Å². The smallest absolute Gasteiger partial charge is 0.174 e. The second kappa shape index (κ2) is 3.26. The van der Waals surface area contributed by atoms with E-state index in [0.717, 1.165) is 6.54 Å². The van der Waals surface area contributed by atoms with Crippen LogP contribution in [-0.4, -0.2) is 12.3 Å². The summed E-state index contributed by atoms with van der Waals surface area (Å²) in [6.45, 7) is 3.33. The van der Waals surface area contributed by atoms with E-state index in [0.29, 0.717) is 0 Å². The van der Waals surface area contributed by atoms with Crippen LogP contribution in [-0.2, 0) is 0 Å². The second-order valence-corrected chi connectivity index (χ2v) is 3.60. The van der Waals surface area contributed by atoms with Gasteiger partial charge >= 0.3 is 0 Å². The normalized spacial score (nSPS) is 29.2. The molecule has 0 bridgehead atoms. The van der Waals surface area contributed by atoms with Crippen LogP contribution in [0.15, 0.2) is 23.3 Å². The largest absolute Gasteiger partial charge is 0.245 e. The molecular formula is C11H16N+. The first-order valence-corrected chi connectivity index (χ1v) is 4.84. The van der Waals surface area contributed by atoms with Crippen molar-refractivity contribution >= 4 is 5.71 Å². The molecule has 0 aromatic carbocycles. The molecule has 2 rings (SSSR count). The minimum atomic E-state index is 1.14. The first-order valence-electron chi connectivity index (χ1n) is 4.84. The maximum atomic E-state index is 3.39. The van der Waals surface area contributed by atoms with E-state index in [2.05, 4.69) is 24.1 Å². The molecule has 0 saturated carbocycles. The van der Waals surface area contributed by atoms with Gasteiger partial charge in [-0.05, 0) is 24.8 Å². The van der Waals surface area contributed by atoms with Crippen molar-refractivity contribution in [2.75, 3.05) is 6.54 Å². The molecule has 0 aromatic rings. The molecule has 64 valence electrons. The van der Waals surface area contributed by atoms with Gasteiger partial charge < -0.3 is 0 Å². The van der Waals surface area contributed by atoms with Crippen molar-refractivity contribution in [2.45, 2.75) is 32.6 Å². The number of hydrogen-bond acceptors (Lipinski definition) is 0. The fraction of sp³-hybridized carbons (Fsp3) is 0.545. The van der Waals surface area contributed by atoms with Gasteiger partial charge in [0.05, 0.1) is 0 Å². The highest BCUT2D eigenvalue weighted by Crippen LogP contribution is 2.22. The summed E-state index contributed by atoms with van der Waals surface area (Å²) < 4.78 is 0. The van der Waals surface area contributed by atoms with Crippen LogP contribution in [0.4, 0.5) is 0 Å². The van der Waals surface area contributed by atoms with Crippen LogP contribution in [0.25, 0.3) is 0 Å². The van der Waals surface area contributed by atoms with Gasteiger partial charge in [-0.1, -0.05) is 12.2 Å². The topological polar surface area (TPSA) is 14.0 Å². The average Bonchev–Trinajstić information content (AvgIpc) is 2.53. The monoisotopic (exact) mass is 162 g/mol. The van der Waals surface area contributed by atoms with Crippen LogP contribution in [0.5, 0.6) is 0 Å². The highest BCUT2D eigenvalue weighted by molar-refractivity contribution is 5.95. The molecule has 0 radical (unpaired) electrons. The summed E-state index contributed by atoms with van der Waals surface area (Å²) in [7, 11) is 0. The van der Waals surface area contributed by atoms with Gasteiger partial charge in [-0.25, -0.2) is 4.99 Å². The molecule has 12 heavy (non-hydrogen) atoms. The van der Waals surface area contributed by atoms with Crippen LogP contribution in [0.3, 0.4) is 0 Å². The zero-order valence-corrected chi connectivity index (χ0v) is 7.69. The third-order valence-corrected chi connectivity index (χ3v) is 2.74. The molecule has 0 spiro atoms. The van der Waals surface area contributed by atoms with Crippen LogP contribution < -0.4 is 4.99 Å². The number of nitrogens with one attached hydrogen (secondary N) is 1. The summed E-state index contributed by atoms with van der Waals surface area (Å²) in [5, 5.41) is 0. The lowest BCUT2D eigenvalue weighted by Gasteiger charge is -2.08. The van der Waals surface area contributed by atoms with Crippen molar-refractivity contribution in [3.05, 3.63) is 23.3 Å². The Morgan fingerprint density at radius 3 is 2.83 bits per heavy atom. The first-order chi connectivity index (χ1) is 5.88. The van der Waals surface area contributed by atoms with Crippen molar-refractivity contribution in [3.8, 4) is 0 Å². The molecule has 1 nitrogen and oxygen atoms in total. The van der Waals surface area contributed by atoms with Gasteiger partial charge in [-0.15, -0.1) is 0 Å². The summed E-state index contributed by atoms with van der Waals surface area (Å²) in [4.78, 5) is 3.39. The van der Waals surface area contributed by atoms with Crippen LogP contribution in [0.1, 0.15) is 32.6 Å². The average molecular weight is 162 g/mol. The molecule has 0 unspecified atom stereocenters. The number of hydrogen-bond donors (Lipinski definition) is 1. The zero-order chi connectivity index (χ0) is 8.39. The Labute approximate surface area is 73.9 Å². The molecule has 1 N–H and O–H groups in total. The molecule has 1 aliphatic heterocycles. The standard InChI is InChI=1S/C11H15N/c1-9-11(7-8-12-9)10-5-3-2-4-6-10/h3,5H,2,4,6-8H2,1H3/p+1/b11-10+. The van der Waals surface area contributed by atoms with Gasteiger partial charge in [0, 0.05) is 18.9 Å². The summed E-state index contributed by atoms with van der Waals surface area (Å²) in [6, 6.07) is 0. The molecule has 1 heteroatoms. The predicted molar refractivity (Wildman–Crippen MR) is 51.1 cm³/mol. The SMILES string of the molecule is CC1=[NH+]CC/C1=C1/C=CCCC1. The van der Waals surface area contributed by atoms with Crippen molar-refractivity contribution in [1.82, 2.24) is 0 Å². The summed E-state index contributed by atoms with van der Waals surface area (Å²) in [5.41, 5.74) is 4.55. The molecule has 0 atom stereocenters. The van der Waals surface area contributed by atoms with Crippen molar-refractivity contribution in [2.24, 2.45) is 0 Å². The van der Waals surface area contributed by atoms with E-state index in [-0.39, 0.29) is 0 Å². The highest BCUT2D eigenvalue weighted by Gasteiger charge is 2.18. The summed E-state index contributed by atoms with van der Waals surface area (Å²) >= 11 is 0. The summed E-state index contributed by atoms with van der Waals surface area (Å²) in [6.07, 6.45) is 9.73. The molecule has 0 saturated heterocycles.